The summed E-state index contributed by atoms with van der Waals surface area (Å²) in [7, 11) is 0. The molecule has 3 fully saturated rings. The number of aromatic amines is 1. The van der Waals surface area contributed by atoms with Gasteiger partial charge in [-0.2, -0.15) is 0 Å². The minimum Gasteiger partial charge on any atom is -0.490 e. The zero-order chi connectivity index (χ0) is 34.1. The molecule has 0 radical (unpaired) electrons. The van der Waals surface area contributed by atoms with Crippen molar-refractivity contribution in [3.05, 3.63) is 96.6 Å². The van der Waals surface area contributed by atoms with Gasteiger partial charge in [0.2, 0.25) is 11.8 Å². The smallest absolute Gasteiger partial charge is 0.305 e. The van der Waals surface area contributed by atoms with Crippen molar-refractivity contribution < 1.29 is 28.2 Å². The van der Waals surface area contributed by atoms with Crippen LogP contribution in [0.4, 0.5) is 15.8 Å². The molecule has 3 heterocycles. The number of rotatable bonds is 8. The van der Waals surface area contributed by atoms with E-state index in [0.29, 0.717) is 39.5 Å². The first kappa shape index (κ1) is 32.4. The molecule has 3 amide bonds. The summed E-state index contributed by atoms with van der Waals surface area (Å²) in [6, 6.07) is 15.8. The highest BCUT2D eigenvalue weighted by atomic mass is 35.5. The van der Waals surface area contributed by atoms with E-state index in [0.717, 1.165) is 33.2 Å². The Morgan fingerprint density at radius 3 is 2.45 bits per heavy atom. The van der Waals surface area contributed by atoms with E-state index >= 15 is 0 Å². The predicted octanol–water partition coefficient (Wildman–Crippen LogP) is 6.98. The minimum absolute atomic E-state index is 0.00421. The Morgan fingerprint density at radius 1 is 0.959 bits per heavy atom. The standard InChI is InChI=1S/C35H28Cl2FN3O6S2/c1-2-46-24-11-15(3-10-23(24)47-14-25(42)39-17-6-9-21(36)22(37)12-17)26-27-19-13-20(30(27)48-32-31(26)49-35(45)40-32)29-28(19)33(43)41(34(29)44)18-7-4-16(38)5-8-18/h3-12,19-20,26-30H,2,13-14H2,1H3,(H,39,42)(H,40,45)/t19?,20?,26-,27?,28?,29?,30?/m1/s1. The zero-order valence-corrected chi connectivity index (χ0v) is 28.9. The van der Waals surface area contributed by atoms with Crippen molar-refractivity contribution in [3.63, 3.8) is 0 Å². The van der Waals surface area contributed by atoms with E-state index in [1.165, 1.54) is 29.2 Å². The van der Waals surface area contributed by atoms with E-state index in [1.54, 1.807) is 36.0 Å². The number of thioether (sulfide) groups is 1. The molecule has 9 nitrogen and oxygen atoms in total. The van der Waals surface area contributed by atoms with Crippen LogP contribution in [-0.4, -0.2) is 41.2 Å². The fourth-order valence-corrected chi connectivity index (χ4v) is 11.4. The van der Waals surface area contributed by atoms with E-state index in [2.05, 4.69) is 10.3 Å². The topological polar surface area (TPSA) is 118 Å². The fourth-order valence-electron chi connectivity index (χ4n) is 8.25. The Morgan fingerprint density at radius 2 is 1.71 bits per heavy atom. The van der Waals surface area contributed by atoms with Crippen LogP contribution in [-0.2, 0) is 14.4 Å². The molecule has 2 saturated carbocycles. The molecule has 14 heteroatoms. The molecule has 0 spiro atoms. The number of aromatic nitrogens is 1. The summed E-state index contributed by atoms with van der Waals surface area (Å²) in [6.07, 6.45) is 0.732. The van der Waals surface area contributed by atoms with E-state index in [4.69, 9.17) is 32.7 Å². The van der Waals surface area contributed by atoms with E-state index in [9.17, 15) is 23.6 Å². The molecule has 2 bridgehead atoms. The summed E-state index contributed by atoms with van der Waals surface area (Å²) in [5, 5.41) is 4.21. The summed E-state index contributed by atoms with van der Waals surface area (Å²) < 4.78 is 25.6. The SMILES string of the molecule is CCOc1cc([C@H]2c3sc(=O)[nH]c3SC3C4CC(C5C(=O)N(c6ccc(F)cc6)C(=O)C45)C32)ccc1OCC(=O)Nc1ccc(Cl)c(Cl)c1. The van der Waals surface area contributed by atoms with Gasteiger partial charge >= 0.3 is 4.87 Å². The predicted molar refractivity (Wildman–Crippen MR) is 186 cm³/mol. The number of hydrogen-bond donors (Lipinski definition) is 2. The Hall–Kier alpha value is -3.84. The lowest BCUT2D eigenvalue weighted by molar-refractivity contribution is -0.123. The number of nitrogens with zero attached hydrogens (tertiary/aromatic N) is 1. The van der Waals surface area contributed by atoms with Crippen molar-refractivity contribution in [1.82, 2.24) is 4.98 Å². The molecular weight excluding hydrogens is 712 g/mol. The van der Waals surface area contributed by atoms with E-state index in [1.807, 2.05) is 19.1 Å². The molecule has 6 unspecified atom stereocenters. The number of fused-ring (bicyclic) bond motifs is 9. The Kier molecular flexibility index (Phi) is 8.25. The second kappa shape index (κ2) is 12.5. The molecule has 49 heavy (non-hydrogen) atoms. The first-order chi connectivity index (χ1) is 23.6. The lowest BCUT2D eigenvalue weighted by Gasteiger charge is -2.43. The third-order valence-corrected chi connectivity index (χ3v) is 13.3. The number of ether oxygens (including phenoxy) is 2. The second-order valence-corrected chi connectivity index (χ2v) is 15.6. The van der Waals surface area contributed by atoms with Gasteiger partial charge in [-0.1, -0.05) is 40.6 Å². The molecule has 4 aromatic rings. The molecule has 2 aliphatic heterocycles. The Labute approximate surface area is 298 Å². The van der Waals surface area contributed by atoms with Crippen molar-refractivity contribution in [2.24, 2.45) is 29.6 Å². The number of carbonyl (C=O) groups is 3. The van der Waals surface area contributed by atoms with E-state index < -0.39 is 23.6 Å². The molecule has 252 valence electrons. The quantitative estimate of drug-likeness (QED) is 0.187. The maximum absolute atomic E-state index is 14.0. The number of carbonyl (C=O) groups excluding carboxylic acids is 3. The fraction of sp³-hybridized carbons (Fsp3) is 0.314. The van der Waals surface area contributed by atoms with Crippen LogP contribution in [0.15, 0.2) is 70.5 Å². The molecular formula is C35H28Cl2FN3O6S2. The molecule has 2 aliphatic carbocycles. The lowest BCUT2D eigenvalue weighted by atomic mass is 9.68. The highest BCUT2D eigenvalue weighted by Crippen LogP contribution is 2.68. The third-order valence-electron chi connectivity index (χ3n) is 10.00. The highest BCUT2D eigenvalue weighted by Gasteiger charge is 2.69. The van der Waals surface area contributed by atoms with Crippen LogP contribution in [0, 0.1) is 35.4 Å². The maximum atomic E-state index is 14.0. The lowest BCUT2D eigenvalue weighted by Crippen LogP contribution is -2.42. The van der Waals surface area contributed by atoms with Crippen molar-refractivity contribution in [1.29, 1.82) is 0 Å². The first-order valence-electron chi connectivity index (χ1n) is 15.8. The average Bonchev–Trinajstić information content (AvgIpc) is 3.81. The molecule has 8 rings (SSSR count). The van der Waals surface area contributed by atoms with Crippen LogP contribution >= 0.6 is 46.3 Å². The van der Waals surface area contributed by atoms with Crippen LogP contribution < -0.4 is 24.6 Å². The van der Waals surface area contributed by atoms with Gasteiger partial charge in [-0.15, -0.1) is 11.8 Å². The molecule has 3 aromatic carbocycles. The number of thiazole rings is 1. The number of anilines is 2. The Bertz CT molecular complexity index is 2070. The zero-order valence-electron chi connectivity index (χ0n) is 25.8. The summed E-state index contributed by atoms with van der Waals surface area (Å²) >= 11 is 14.8. The highest BCUT2D eigenvalue weighted by molar-refractivity contribution is 8.00. The normalized spacial score (nSPS) is 26.4. The largest absolute Gasteiger partial charge is 0.490 e. The van der Waals surface area contributed by atoms with Crippen LogP contribution in [0.3, 0.4) is 0 Å². The minimum atomic E-state index is -0.493. The number of amides is 3. The van der Waals surface area contributed by atoms with Gasteiger partial charge in [0.1, 0.15) is 5.82 Å². The van der Waals surface area contributed by atoms with Gasteiger partial charge in [0.05, 0.1) is 39.2 Å². The molecule has 2 N–H and O–H groups in total. The van der Waals surface area contributed by atoms with Crippen molar-refractivity contribution >= 4 is 75.4 Å². The second-order valence-electron chi connectivity index (χ2n) is 12.6. The van der Waals surface area contributed by atoms with Gasteiger partial charge in [-0.25, -0.2) is 4.39 Å². The summed E-state index contributed by atoms with van der Waals surface area (Å²) in [5.74, 6) is -1.90. The van der Waals surface area contributed by atoms with Crippen molar-refractivity contribution in [2.45, 2.75) is 29.5 Å². The number of halogens is 3. The van der Waals surface area contributed by atoms with Gasteiger partial charge in [0.25, 0.3) is 5.91 Å². The van der Waals surface area contributed by atoms with Crippen molar-refractivity contribution in [2.75, 3.05) is 23.4 Å². The van der Waals surface area contributed by atoms with Gasteiger partial charge in [-0.05, 0) is 91.3 Å². The Balaban J connectivity index is 1.09. The summed E-state index contributed by atoms with van der Waals surface area (Å²) in [4.78, 5) is 58.2. The molecule has 7 atom stereocenters. The van der Waals surface area contributed by atoms with Crippen LogP contribution in [0.1, 0.15) is 29.7 Å². The molecule has 4 aliphatic rings. The molecule has 1 aromatic heterocycles. The van der Waals surface area contributed by atoms with Gasteiger partial charge < -0.3 is 19.8 Å². The number of benzene rings is 3. The monoisotopic (exact) mass is 739 g/mol. The van der Waals surface area contributed by atoms with Crippen LogP contribution in [0.25, 0.3) is 0 Å². The molecule has 1 saturated heterocycles. The van der Waals surface area contributed by atoms with Gasteiger partial charge in [0.15, 0.2) is 18.1 Å². The number of H-pyrrole nitrogens is 1. The van der Waals surface area contributed by atoms with Crippen LogP contribution in [0.2, 0.25) is 10.0 Å². The summed E-state index contributed by atoms with van der Waals surface area (Å²) in [6.45, 7) is 1.90. The summed E-state index contributed by atoms with van der Waals surface area (Å²) in [5.41, 5.74) is 1.74. The number of hydrogen-bond acceptors (Lipinski definition) is 8. The third kappa shape index (κ3) is 5.44. The maximum Gasteiger partial charge on any atom is 0.305 e. The average molecular weight is 741 g/mol. The first-order valence-corrected chi connectivity index (χ1v) is 18.3. The van der Waals surface area contributed by atoms with Gasteiger partial charge in [0, 0.05) is 21.7 Å². The van der Waals surface area contributed by atoms with Gasteiger partial charge in [-0.3, -0.25) is 24.1 Å². The van der Waals surface area contributed by atoms with Crippen molar-refractivity contribution in [3.8, 4) is 11.5 Å². The number of nitrogens with one attached hydrogen (secondary N) is 2. The van der Waals surface area contributed by atoms with E-state index in [-0.39, 0.29) is 52.2 Å². The van der Waals surface area contributed by atoms with Crippen LogP contribution in [0.5, 0.6) is 11.5 Å². The number of imide groups is 1.